The Morgan fingerprint density at radius 3 is 2.41 bits per heavy atom. The maximum atomic E-state index is 12.1. The van der Waals surface area contributed by atoms with Crippen LogP contribution in [-0.4, -0.2) is 21.5 Å². The zero-order valence-electron chi connectivity index (χ0n) is 12.3. The molecule has 0 aliphatic carbocycles. The van der Waals surface area contributed by atoms with Crippen molar-refractivity contribution in [2.45, 2.75) is 12.7 Å². The molecule has 0 atom stereocenters. The summed E-state index contributed by atoms with van der Waals surface area (Å²) in [6.07, 6.45) is 0. The first-order chi connectivity index (χ1) is 10.4. The number of esters is 1. The third-order valence-corrected chi connectivity index (χ3v) is 4.07. The molecule has 5 nitrogen and oxygen atoms in total. The van der Waals surface area contributed by atoms with Gasteiger partial charge in [-0.2, -0.15) is 8.42 Å². The zero-order valence-corrected chi connectivity index (χ0v) is 13.1. The Kier molecular flexibility index (Phi) is 4.82. The van der Waals surface area contributed by atoms with E-state index < -0.39 is 16.1 Å². The fourth-order valence-corrected chi connectivity index (χ4v) is 2.93. The first-order valence-electron chi connectivity index (χ1n) is 6.56. The van der Waals surface area contributed by atoms with E-state index in [0.717, 1.165) is 5.56 Å². The number of benzene rings is 2. The van der Waals surface area contributed by atoms with Gasteiger partial charge < -0.3 is 8.92 Å². The smallest absolute Gasteiger partial charge is 0.337 e. The van der Waals surface area contributed by atoms with Gasteiger partial charge in [-0.3, -0.25) is 0 Å². The number of rotatable bonds is 5. The Labute approximate surface area is 129 Å². The molecule has 2 rings (SSSR count). The monoisotopic (exact) mass is 320 g/mol. The van der Waals surface area contributed by atoms with Gasteiger partial charge in [-0.15, -0.1) is 0 Å². The Balaban J connectivity index is 2.15. The van der Waals surface area contributed by atoms with Crippen LogP contribution in [0.1, 0.15) is 21.5 Å². The molecule has 0 bridgehead atoms. The molecule has 0 fully saturated rings. The summed E-state index contributed by atoms with van der Waals surface area (Å²) in [7, 11) is -2.53. The number of hydrogen-bond donors (Lipinski definition) is 0. The van der Waals surface area contributed by atoms with Gasteiger partial charge >= 0.3 is 16.1 Å². The van der Waals surface area contributed by atoms with Crippen molar-refractivity contribution in [3.63, 3.8) is 0 Å². The number of aryl methyl sites for hydroxylation is 1. The molecule has 0 aromatic heterocycles. The van der Waals surface area contributed by atoms with E-state index in [1.165, 1.54) is 13.2 Å². The lowest BCUT2D eigenvalue weighted by molar-refractivity contribution is 0.0600. The van der Waals surface area contributed by atoms with E-state index >= 15 is 0 Å². The predicted octanol–water partition coefficient (Wildman–Crippen LogP) is 2.69. The van der Waals surface area contributed by atoms with Gasteiger partial charge in [-0.1, -0.05) is 29.8 Å². The van der Waals surface area contributed by atoms with Crippen molar-refractivity contribution in [3.05, 3.63) is 65.2 Å². The molecule has 0 saturated heterocycles. The van der Waals surface area contributed by atoms with Crippen molar-refractivity contribution >= 4 is 16.1 Å². The van der Waals surface area contributed by atoms with Crippen LogP contribution in [0.4, 0.5) is 0 Å². The van der Waals surface area contributed by atoms with Crippen LogP contribution in [0.3, 0.4) is 0 Å². The van der Waals surface area contributed by atoms with E-state index in [1.807, 2.05) is 6.92 Å². The first kappa shape index (κ1) is 16.0. The fourth-order valence-electron chi connectivity index (χ4n) is 1.88. The normalized spacial score (nSPS) is 11.0. The van der Waals surface area contributed by atoms with Crippen LogP contribution in [0.5, 0.6) is 5.75 Å². The van der Waals surface area contributed by atoms with Crippen molar-refractivity contribution in [1.29, 1.82) is 0 Å². The van der Waals surface area contributed by atoms with Crippen LogP contribution in [0.15, 0.2) is 48.5 Å². The molecule has 0 amide bonds. The molecule has 0 heterocycles. The summed E-state index contributed by atoms with van der Waals surface area (Å²) < 4.78 is 33.8. The predicted molar refractivity (Wildman–Crippen MR) is 82.2 cm³/mol. The molecular weight excluding hydrogens is 304 g/mol. The molecule has 2 aromatic carbocycles. The van der Waals surface area contributed by atoms with E-state index in [0.29, 0.717) is 11.1 Å². The Morgan fingerprint density at radius 1 is 1.09 bits per heavy atom. The van der Waals surface area contributed by atoms with Crippen LogP contribution in [0.2, 0.25) is 0 Å². The van der Waals surface area contributed by atoms with E-state index in [2.05, 4.69) is 4.74 Å². The molecule has 0 saturated carbocycles. The minimum absolute atomic E-state index is 0.259. The van der Waals surface area contributed by atoms with E-state index in [1.54, 1.807) is 42.5 Å². The largest absolute Gasteiger partial charge is 0.465 e. The van der Waals surface area contributed by atoms with Gasteiger partial charge in [0.25, 0.3) is 0 Å². The van der Waals surface area contributed by atoms with Gasteiger partial charge in [0.2, 0.25) is 0 Å². The minimum Gasteiger partial charge on any atom is -0.465 e. The van der Waals surface area contributed by atoms with E-state index in [-0.39, 0.29) is 11.5 Å². The molecule has 2 aromatic rings. The standard InChI is InChI=1S/C16H16O5S/c1-12-6-8-15(9-7-12)21-22(18,19)11-13-4-3-5-14(10-13)16(17)20-2/h3-10H,11H2,1-2H3. The van der Waals surface area contributed by atoms with Crippen molar-refractivity contribution < 1.29 is 22.1 Å². The second kappa shape index (κ2) is 6.62. The molecule has 0 N–H and O–H groups in total. The highest BCUT2D eigenvalue weighted by Crippen LogP contribution is 2.17. The van der Waals surface area contributed by atoms with Crippen molar-refractivity contribution in [2.75, 3.05) is 7.11 Å². The van der Waals surface area contributed by atoms with Gasteiger partial charge in [0.1, 0.15) is 11.5 Å². The summed E-state index contributed by atoms with van der Waals surface area (Å²) in [6.45, 7) is 1.90. The molecule has 22 heavy (non-hydrogen) atoms. The summed E-state index contributed by atoms with van der Waals surface area (Å²) in [5, 5.41) is 0. The lowest BCUT2D eigenvalue weighted by atomic mass is 10.1. The number of methoxy groups -OCH3 is 1. The average Bonchev–Trinajstić information content (AvgIpc) is 2.48. The summed E-state index contributed by atoms with van der Waals surface area (Å²) in [5.41, 5.74) is 1.76. The molecule has 0 unspecified atom stereocenters. The minimum atomic E-state index is -3.80. The second-order valence-electron chi connectivity index (χ2n) is 4.79. The number of hydrogen-bond acceptors (Lipinski definition) is 5. The Hall–Kier alpha value is -2.34. The number of ether oxygens (including phenoxy) is 1. The Morgan fingerprint density at radius 2 is 1.77 bits per heavy atom. The number of carbonyl (C=O) groups is 1. The summed E-state index contributed by atoms with van der Waals surface area (Å²) in [6, 6.07) is 13.0. The van der Waals surface area contributed by atoms with Gasteiger partial charge in [-0.05, 0) is 36.8 Å². The number of carbonyl (C=O) groups excluding carboxylic acids is 1. The van der Waals surface area contributed by atoms with Crippen molar-refractivity contribution in [2.24, 2.45) is 0 Å². The third-order valence-electron chi connectivity index (χ3n) is 2.94. The lowest BCUT2D eigenvalue weighted by Crippen LogP contribution is -2.12. The van der Waals surface area contributed by atoms with Crippen LogP contribution in [0.25, 0.3) is 0 Å². The van der Waals surface area contributed by atoms with E-state index in [9.17, 15) is 13.2 Å². The lowest BCUT2D eigenvalue weighted by Gasteiger charge is -2.08. The molecule has 6 heteroatoms. The van der Waals surface area contributed by atoms with Crippen LogP contribution < -0.4 is 4.18 Å². The zero-order chi connectivity index (χ0) is 16.2. The maximum absolute atomic E-state index is 12.1. The van der Waals surface area contributed by atoms with Gasteiger partial charge in [0.05, 0.1) is 12.7 Å². The molecule has 116 valence electrons. The van der Waals surface area contributed by atoms with Crippen molar-refractivity contribution in [3.8, 4) is 5.75 Å². The highest BCUT2D eigenvalue weighted by Gasteiger charge is 2.15. The highest BCUT2D eigenvalue weighted by molar-refractivity contribution is 7.86. The molecule has 0 spiro atoms. The fraction of sp³-hybridized carbons (Fsp3) is 0.188. The molecule has 0 radical (unpaired) electrons. The van der Waals surface area contributed by atoms with Gasteiger partial charge in [0, 0.05) is 0 Å². The van der Waals surface area contributed by atoms with Crippen molar-refractivity contribution in [1.82, 2.24) is 0 Å². The summed E-state index contributed by atoms with van der Waals surface area (Å²) in [4.78, 5) is 11.5. The summed E-state index contributed by atoms with van der Waals surface area (Å²) >= 11 is 0. The van der Waals surface area contributed by atoms with Crippen LogP contribution >= 0.6 is 0 Å². The van der Waals surface area contributed by atoms with Gasteiger partial charge in [-0.25, -0.2) is 4.79 Å². The molecule has 0 aliphatic heterocycles. The van der Waals surface area contributed by atoms with Crippen LogP contribution in [0, 0.1) is 6.92 Å². The topological polar surface area (TPSA) is 69.7 Å². The van der Waals surface area contributed by atoms with Gasteiger partial charge in [0.15, 0.2) is 0 Å². The SMILES string of the molecule is COC(=O)c1cccc(CS(=O)(=O)Oc2ccc(C)cc2)c1. The quantitative estimate of drug-likeness (QED) is 0.626. The van der Waals surface area contributed by atoms with Crippen LogP contribution in [-0.2, 0) is 20.6 Å². The van der Waals surface area contributed by atoms with E-state index in [4.69, 9.17) is 4.18 Å². The summed E-state index contributed by atoms with van der Waals surface area (Å²) in [5.74, 6) is -0.584. The molecular formula is C16H16O5S. The highest BCUT2D eigenvalue weighted by atomic mass is 32.2. The third kappa shape index (κ3) is 4.33. The molecule has 0 aliphatic rings. The Bertz CT molecular complexity index is 763. The average molecular weight is 320 g/mol. The second-order valence-corrected chi connectivity index (χ2v) is 6.36. The maximum Gasteiger partial charge on any atom is 0.337 e. The first-order valence-corrected chi connectivity index (χ1v) is 8.13.